The van der Waals surface area contributed by atoms with Gasteiger partial charge in [-0.3, -0.25) is 9.59 Å². The minimum Gasteiger partial charge on any atom is -0.462 e. The largest absolute Gasteiger partial charge is 0.462 e. The molecule has 0 heterocycles. The highest BCUT2D eigenvalue weighted by Crippen LogP contribution is 2.13. The summed E-state index contributed by atoms with van der Waals surface area (Å²) in [5.74, 6) is -0.442. The van der Waals surface area contributed by atoms with Crippen LogP contribution in [0.15, 0.2) is 97.2 Å². The number of hydrogen-bond donors (Lipinski definition) is 0. The van der Waals surface area contributed by atoms with Gasteiger partial charge in [-0.1, -0.05) is 201 Å². The van der Waals surface area contributed by atoms with Gasteiger partial charge in [0.1, 0.15) is 6.61 Å². The molecule has 0 bridgehead atoms. The Labute approximate surface area is 396 Å². The monoisotopic (exact) mass is 889 g/mol. The van der Waals surface area contributed by atoms with Crippen LogP contribution in [0, 0.1) is 0 Å². The smallest absolute Gasteiger partial charge is 0.306 e. The highest BCUT2D eigenvalue weighted by Gasteiger charge is 2.17. The molecule has 0 aliphatic heterocycles. The van der Waals surface area contributed by atoms with Crippen molar-refractivity contribution in [2.75, 3.05) is 19.8 Å². The second kappa shape index (κ2) is 54.2. The molecule has 0 N–H and O–H groups in total. The third-order valence-corrected chi connectivity index (χ3v) is 11.1. The van der Waals surface area contributed by atoms with Gasteiger partial charge in [0.05, 0.1) is 6.61 Å². The minimum atomic E-state index is -0.566. The van der Waals surface area contributed by atoms with Gasteiger partial charge in [-0.05, 0) is 122 Å². The van der Waals surface area contributed by atoms with Crippen molar-refractivity contribution < 1.29 is 23.8 Å². The summed E-state index contributed by atoms with van der Waals surface area (Å²) in [6, 6.07) is 0. The molecule has 0 fully saturated rings. The van der Waals surface area contributed by atoms with Gasteiger partial charge < -0.3 is 14.2 Å². The molecule has 0 amide bonds. The van der Waals surface area contributed by atoms with E-state index in [0.29, 0.717) is 19.4 Å². The van der Waals surface area contributed by atoms with E-state index < -0.39 is 6.10 Å². The number of carbonyl (C=O) groups is 2. The lowest BCUT2D eigenvalue weighted by atomic mass is 10.1. The molecule has 0 aromatic heterocycles. The van der Waals surface area contributed by atoms with E-state index >= 15 is 0 Å². The van der Waals surface area contributed by atoms with Crippen LogP contribution in [0.25, 0.3) is 0 Å². The Morgan fingerprint density at radius 2 is 0.703 bits per heavy atom. The molecular weight excluding hydrogens is 789 g/mol. The zero-order valence-corrected chi connectivity index (χ0v) is 42.0. The van der Waals surface area contributed by atoms with Gasteiger partial charge in [-0.2, -0.15) is 0 Å². The number of esters is 2. The summed E-state index contributed by atoms with van der Waals surface area (Å²) >= 11 is 0. The second-order valence-corrected chi connectivity index (χ2v) is 17.4. The molecule has 1 atom stereocenters. The number of carbonyl (C=O) groups excluding carboxylic acids is 2. The van der Waals surface area contributed by atoms with E-state index in [4.69, 9.17) is 14.2 Å². The lowest BCUT2D eigenvalue weighted by Gasteiger charge is -2.18. The Kier molecular flexibility index (Phi) is 51.5. The highest BCUT2D eigenvalue weighted by molar-refractivity contribution is 5.70. The molecule has 0 aromatic rings. The molecule has 5 heteroatoms. The summed E-state index contributed by atoms with van der Waals surface area (Å²) in [5.41, 5.74) is 0. The van der Waals surface area contributed by atoms with Crippen LogP contribution in [0.4, 0.5) is 0 Å². The van der Waals surface area contributed by atoms with Gasteiger partial charge in [-0.25, -0.2) is 0 Å². The maximum Gasteiger partial charge on any atom is 0.306 e. The summed E-state index contributed by atoms with van der Waals surface area (Å²) in [6.07, 6.45) is 72.7. The topological polar surface area (TPSA) is 61.8 Å². The lowest BCUT2D eigenvalue weighted by Crippen LogP contribution is -2.30. The maximum absolute atomic E-state index is 12.8. The van der Waals surface area contributed by atoms with Gasteiger partial charge in [0, 0.05) is 19.4 Å². The first kappa shape index (κ1) is 60.8. The van der Waals surface area contributed by atoms with Crippen molar-refractivity contribution in [2.24, 2.45) is 0 Å². The van der Waals surface area contributed by atoms with Crippen LogP contribution in [0.2, 0.25) is 0 Å². The van der Waals surface area contributed by atoms with Gasteiger partial charge in [0.2, 0.25) is 0 Å². The maximum atomic E-state index is 12.8. The zero-order valence-electron chi connectivity index (χ0n) is 42.0. The van der Waals surface area contributed by atoms with Crippen molar-refractivity contribution in [1.29, 1.82) is 0 Å². The SMILES string of the molecule is CC/C=C\C/C=C\C/C=C\CCCCCCOCC(COC(=O)CCCCCCCC/C=C\C/C=C\C/C=C\CCCCC)OC(=O)CCCCCCC/C=C\C/C=C\CCCCC. The van der Waals surface area contributed by atoms with Crippen LogP contribution < -0.4 is 0 Å². The van der Waals surface area contributed by atoms with E-state index in [1.54, 1.807) is 0 Å². The first-order valence-electron chi connectivity index (χ1n) is 26.8. The summed E-state index contributed by atoms with van der Waals surface area (Å²) in [6.45, 7) is 7.59. The number of hydrogen-bond acceptors (Lipinski definition) is 5. The fourth-order valence-electron chi connectivity index (χ4n) is 7.09. The molecule has 64 heavy (non-hydrogen) atoms. The Morgan fingerprint density at radius 1 is 0.359 bits per heavy atom. The Bertz CT molecular complexity index is 1230. The van der Waals surface area contributed by atoms with Crippen molar-refractivity contribution in [2.45, 2.75) is 245 Å². The quantitative estimate of drug-likeness (QED) is 0.0346. The van der Waals surface area contributed by atoms with Gasteiger partial charge in [0.25, 0.3) is 0 Å². The van der Waals surface area contributed by atoms with Crippen LogP contribution in [0.5, 0.6) is 0 Å². The number of ether oxygens (including phenoxy) is 3. The molecule has 366 valence electrons. The number of rotatable bonds is 48. The Morgan fingerprint density at radius 3 is 1.12 bits per heavy atom. The molecule has 5 nitrogen and oxygen atoms in total. The van der Waals surface area contributed by atoms with Crippen LogP contribution in [-0.2, 0) is 23.8 Å². The first-order chi connectivity index (χ1) is 31.6. The average molecular weight is 889 g/mol. The Hall–Kier alpha value is -3.18. The van der Waals surface area contributed by atoms with E-state index in [1.165, 1.54) is 96.3 Å². The molecule has 0 saturated heterocycles. The van der Waals surface area contributed by atoms with Crippen LogP contribution in [-0.4, -0.2) is 37.9 Å². The molecular formula is C59H100O5. The number of allylic oxidation sites excluding steroid dienone is 16. The molecule has 0 rings (SSSR count). The summed E-state index contributed by atoms with van der Waals surface area (Å²) in [7, 11) is 0. The first-order valence-corrected chi connectivity index (χ1v) is 26.8. The van der Waals surface area contributed by atoms with Crippen molar-refractivity contribution in [3.8, 4) is 0 Å². The molecule has 0 aliphatic carbocycles. The van der Waals surface area contributed by atoms with E-state index in [0.717, 1.165) is 109 Å². The van der Waals surface area contributed by atoms with Gasteiger partial charge in [0.15, 0.2) is 6.10 Å². The van der Waals surface area contributed by atoms with E-state index in [1.807, 2.05) is 0 Å². The normalized spacial score (nSPS) is 13.0. The van der Waals surface area contributed by atoms with E-state index in [-0.39, 0.29) is 25.2 Å². The minimum absolute atomic E-state index is 0.0587. The summed E-state index contributed by atoms with van der Waals surface area (Å²) < 4.78 is 17.4. The molecule has 0 aromatic carbocycles. The third-order valence-electron chi connectivity index (χ3n) is 11.1. The fourth-order valence-corrected chi connectivity index (χ4v) is 7.09. The van der Waals surface area contributed by atoms with Crippen molar-refractivity contribution >= 4 is 11.9 Å². The van der Waals surface area contributed by atoms with Crippen molar-refractivity contribution in [1.82, 2.24) is 0 Å². The summed E-state index contributed by atoms with van der Waals surface area (Å²) in [5, 5.41) is 0. The van der Waals surface area contributed by atoms with Crippen LogP contribution in [0.3, 0.4) is 0 Å². The molecule has 0 saturated carbocycles. The molecule has 1 unspecified atom stereocenters. The third kappa shape index (κ3) is 51.5. The lowest BCUT2D eigenvalue weighted by molar-refractivity contribution is -0.163. The predicted molar refractivity (Wildman–Crippen MR) is 279 cm³/mol. The molecule has 0 spiro atoms. The Balaban J connectivity index is 4.35. The molecule has 0 radical (unpaired) electrons. The van der Waals surface area contributed by atoms with Crippen LogP contribution in [0.1, 0.15) is 239 Å². The van der Waals surface area contributed by atoms with Crippen molar-refractivity contribution in [3.63, 3.8) is 0 Å². The predicted octanol–water partition coefficient (Wildman–Crippen LogP) is 18.2. The van der Waals surface area contributed by atoms with E-state index in [2.05, 4.69) is 118 Å². The summed E-state index contributed by atoms with van der Waals surface area (Å²) in [4.78, 5) is 25.4. The number of unbranched alkanes of at least 4 members (excludes halogenated alkanes) is 21. The highest BCUT2D eigenvalue weighted by atomic mass is 16.6. The van der Waals surface area contributed by atoms with Crippen molar-refractivity contribution in [3.05, 3.63) is 97.2 Å². The molecule has 0 aliphatic rings. The van der Waals surface area contributed by atoms with Gasteiger partial charge in [-0.15, -0.1) is 0 Å². The average Bonchev–Trinajstić information content (AvgIpc) is 3.30. The van der Waals surface area contributed by atoms with Crippen LogP contribution >= 0.6 is 0 Å². The standard InChI is InChI=1S/C59H100O5/c1-4-7-10-13-16-19-22-25-28-29-30-31-33-34-37-40-43-46-49-52-58(60)63-56-57(55-62-54-51-48-45-42-39-36-27-24-21-18-15-12-9-6-3)64-59(61)53-50-47-44-41-38-35-32-26-23-20-17-14-11-8-5-2/h9,12,16-21,25-28,30-32,36,57H,4-8,10-11,13-15,22-24,29,33-35,37-56H2,1-3H3/b12-9-,19-16-,20-17-,21-18-,28-25-,31-30-,32-26-,36-27-. The zero-order chi connectivity index (χ0) is 46.3. The van der Waals surface area contributed by atoms with Gasteiger partial charge >= 0.3 is 11.9 Å². The fraction of sp³-hybridized carbons (Fsp3) is 0.695. The van der Waals surface area contributed by atoms with E-state index in [9.17, 15) is 9.59 Å². The second-order valence-electron chi connectivity index (χ2n) is 17.4.